The van der Waals surface area contributed by atoms with Gasteiger partial charge in [-0.25, -0.2) is 0 Å². The molecule has 1 atom stereocenters. The molecule has 1 amide bonds. The number of aromatic nitrogens is 1. The Hall–Kier alpha value is -1.40. The molecule has 1 aliphatic heterocycles. The van der Waals surface area contributed by atoms with Crippen LogP contribution in [0.1, 0.15) is 18.6 Å². The summed E-state index contributed by atoms with van der Waals surface area (Å²) in [5.41, 5.74) is 0. The van der Waals surface area contributed by atoms with Gasteiger partial charge in [-0.15, -0.1) is 0 Å². The van der Waals surface area contributed by atoms with Gasteiger partial charge >= 0.3 is 0 Å². The van der Waals surface area contributed by atoms with E-state index in [4.69, 9.17) is 4.52 Å². The van der Waals surface area contributed by atoms with Crippen molar-refractivity contribution in [2.45, 2.75) is 25.8 Å². The number of rotatable bonds is 4. The minimum absolute atomic E-state index is 0.0416. The van der Waals surface area contributed by atoms with Crippen molar-refractivity contribution in [1.29, 1.82) is 0 Å². The van der Waals surface area contributed by atoms with Crippen LogP contribution in [0.3, 0.4) is 0 Å². The number of likely N-dealkylation sites (N-methyl/N-ethyl adjacent to an activating group) is 1. The second kappa shape index (κ2) is 5.97. The van der Waals surface area contributed by atoms with Crippen molar-refractivity contribution < 1.29 is 9.32 Å². The van der Waals surface area contributed by atoms with Gasteiger partial charge < -0.3 is 15.2 Å². The van der Waals surface area contributed by atoms with E-state index in [1.807, 2.05) is 7.05 Å². The monoisotopic (exact) mass is 252 g/mol. The van der Waals surface area contributed by atoms with Crippen LogP contribution in [0, 0.1) is 6.92 Å². The molecule has 2 N–H and O–H groups in total. The van der Waals surface area contributed by atoms with E-state index in [0.29, 0.717) is 24.2 Å². The summed E-state index contributed by atoms with van der Waals surface area (Å²) in [5, 5.41) is 9.74. The molecule has 1 aromatic heterocycles. The maximum Gasteiger partial charge on any atom is 0.239 e. The third kappa shape index (κ3) is 3.54. The Morgan fingerprint density at radius 2 is 2.50 bits per heavy atom. The van der Waals surface area contributed by atoms with E-state index in [0.717, 1.165) is 19.5 Å². The van der Waals surface area contributed by atoms with Gasteiger partial charge in [-0.2, -0.15) is 0 Å². The number of hydrogen-bond donors (Lipinski definition) is 2. The minimum atomic E-state index is -0.0416. The topological polar surface area (TPSA) is 70.4 Å². The zero-order chi connectivity index (χ0) is 13.0. The highest BCUT2D eigenvalue weighted by atomic mass is 16.5. The van der Waals surface area contributed by atoms with Crippen LogP contribution in [0.5, 0.6) is 0 Å². The largest absolute Gasteiger partial charge is 0.360 e. The number of aryl methyl sites for hydroxylation is 1. The van der Waals surface area contributed by atoms with Crippen molar-refractivity contribution in [3.05, 3.63) is 11.8 Å². The fourth-order valence-electron chi connectivity index (χ4n) is 2.25. The standard InChI is InChI=1S/C12H20N4O2/c1-9-6-11(15-18-9)14-12(17)8-16-5-3-4-10(7-16)13-2/h6,10,13H,3-5,7-8H2,1-2H3,(H,14,15,17). The second-order valence-electron chi connectivity index (χ2n) is 4.73. The van der Waals surface area contributed by atoms with Gasteiger partial charge in [-0.3, -0.25) is 9.69 Å². The molecule has 0 saturated carbocycles. The molecule has 0 bridgehead atoms. The van der Waals surface area contributed by atoms with Crippen LogP contribution in [-0.4, -0.2) is 48.7 Å². The molecule has 6 heteroatoms. The van der Waals surface area contributed by atoms with E-state index in [-0.39, 0.29) is 5.91 Å². The summed E-state index contributed by atoms with van der Waals surface area (Å²) in [7, 11) is 1.96. The molecule has 2 rings (SSSR count). The molecule has 0 aliphatic carbocycles. The predicted octanol–water partition coefficient (Wildman–Crippen LogP) is 0.605. The molecule has 18 heavy (non-hydrogen) atoms. The van der Waals surface area contributed by atoms with E-state index >= 15 is 0 Å². The lowest BCUT2D eigenvalue weighted by atomic mass is 10.1. The van der Waals surface area contributed by atoms with Crippen LogP contribution in [0.2, 0.25) is 0 Å². The Kier molecular flexibility index (Phi) is 4.33. The zero-order valence-electron chi connectivity index (χ0n) is 10.9. The number of carbonyl (C=O) groups is 1. The lowest BCUT2D eigenvalue weighted by molar-refractivity contribution is -0.117. The molecule has 6 nitrogen and oxygen atoms in total. The third-order valence-electron chi connectivity index (χ3n) is 3.18. The molecule has 1 aliphatic rings. The van der Waals surface area contributed by atoms with Gasteiger partial charge in [0.1, 0.15) is 5.76 Å². The van der Waals surface area contributed by atoms with Crippen LogP contribution in [0.25, 0.3) is 0 Å². The van der Waals surface area contributed by atoms with Crippen molar-refractivity contribution in [2.75, 3.05) is 32.0 Å². The first-order valence-electron chi connectivity index (χ1n) is 6.30. The van der Waals surface area contributed by atoms with Gasteiger partial charge in [0.2, 0.25) is 5.91 Å². The lowest BCUT2D eigenvalue weighted by Gasteiger charge is -2.31. The number of carbonyl (C=O) groups excluding carboxylic acids is 1. The third-order valence-corrected chi connectivity index (χ3v) is 3.18. The Balaban J connectivity index is 1.80. The average Bonchev–Trinajstić information content (AvgIpc) is 2.74. The summed E-state index contributed by atoms with van der Waals surface area (Å²) in [5.74, 6) is 1.14. The van der Waals surface area contributed by atoms with Gasteiger partial charge in [0.15, 0.2) is 5.82 Å². The van der Waals surface area contributed by atoms with Crippen LogP contribution in [0.4, 0.5) is 5.82 Å². The number of nitrogens with one attached hydrogen (secondary N) is 2. The molecule has 1 fully saturated rings. The van der Waals surface area contributed by atoms with Crippen molar-refractivity contribution in [2.24, 2.45) is 0 Å². The first kappa shape index (κ1) is 13.0. The average molecular weight is 252 g/mol. The zero-order valence-corrected chi connectivity index (χ0v) is 10.9. The second-order valence-corrected chi connectivity index (χ2v) is 4.73. The highest BCUT2D eigenvalue weighted by Crippen LogP contribution is 2.10. The number of nitrogens with zero attached hydrogens (tertiary/aromatic N) is 2. The van der Waals surface area contributed by atoms with E-state index in [2.05, 4.69) is 20.7 Å². The van der Waals surface area contributed by atoms with Crippen molar-refractivity contribution in [3.63, 3.8) is 0 Å². The molecule has 0 spiro atoms. The van der Waals surface area contributed by atoms with Crippen molar-refractivity contribution >= 4 is 11.7 Å². The molecule has 1 aromatic rings. The van der Waals surface area contributed by atoms with E-state index in [1.54, 1.807) is 13.0 Å². The van der Waals surface area contributed by atoms with E-state index in [9.17, 15) is 4.79 Å². The van der Waals surface area contributed by atoms with Gasteiger partial charge in [-0.1, -0.05) is 5.16 Å². The normalized spacial score (nSPS) is 20.9. The Morgan fingerprint density at radius 3 is 3.17 bits per heavy atom. The highest BCUT2D eigenvalue weighted by Gasteiger charge is 2.20. The Morgan fingerprint density at radius 1 is 1.67 bits per heavy atom. The fraction of sp³-hybridized carbons (Fsp3) is 0.667. The molecular weight excluding hydrogens is 232 g/mol. The maximum absolute atomic E-state index is 11.8. The van der Waals surface area contributed by atoms with Gasteiger partial charge in [0.25, 0.3) is 0 Å². The molecule has 100 valence electrons. The van der Waals surface area contributed by atoms with Crippen molar-refractivity contribution in [1.82, 2.24) is 15.4 Å². The van der Waals surface area contributed by atoms with E-state index < -0.39 is 0 Å². The molecule has 1 unspecified atom stereocenters. The molecule has 0 aromatic carbocycles. The van der Waals surface area contributed by atoms with Crippen LogP contribution in [-0.2, 0) is 4.79 Å². The van der Waals surface area contributed by atoms with E-state index in [1.165, 1.54) is 6.42 Å². The molecule has 0 radical (unpaired) electrons. The first-order chi connectivity index (χ1) is 8.67. The maximum atomic E-state index is 11.8. The SMILES string of the molecule is CNC1CCCN(CC(=O)Nc2cc(C)on2)C1. The number of piperidine rings is 1. The fourth-order valence-corrected chi connectivity index (χ4v) is 2.25. The van der Waals surface area contributed by atoms with Gasteiger partial charge in [0, 0.05) is 18.7 Å². The summed E-state index contributed by atoms with van der Waals surface area (Å²) in [4.78, 5) is 14.0. The van der Waals surface area contributed by atoms with Gasteiger partial charge in [0.05, 0.1) is 6.54 Å². The summed E-state index contributed by atoms with van der Waals surface area (Å²) >= 11 is 0. The quantitative estimate of drug-likeness (QED) is 0.821. The van der Waals surface area contributed by atoms with Crippen LogP contribution < -0.4 is 10.6 Å². The minimum Gasteiger partial charge on any atom is -0.360 e. The number of likely N-dealkylation sites (tertiary alicyclic amines) is 1. The molecule has 2 heterocycles. The highest BCUT2D eigenvalue weighted by molar-refractivity contribution is 5.91. The summed E-state index contributed by atoms with van der Waals surface area (Å²) in [6, 6.07) is 2.20. The number of anilines is 1. The number of amides is 1. The van der Waals surface area contributed by atoms with Crippen molar-refractivity contribution in [3.8, 4) is 0 Å². The summed E-state index contributed by atoms with van der Waals surface area (Å²) in [6.45, 7) is 4.10. The Labute approximate surface area is 107 Å². The van der Waals surface area contributed by atoms with Crippen LogP contribution in [0.15, 0.2) is 10.6 Å². The Bertz CT molecular complexity index is 405. The first-order valence-corrected chi connectivity index (χ1v) is 6.30. The summed E-state index contributed by atoms with van der Waals surface area (Å²) < 4.78 is 4.90. The van der Waals surface area contributed by atoms with Crippen LogP contribution >= 0.6 is 0 Å². The predicted molar refractivity (Wildman–Crippen MR) is 68.4 cm³/mol. The molecular formula is C12H20N4O2. The smallest absolute Gasteiger partial charge is 0.239 e. The lowest BCUT2D eigenvalue weighted by Crippen LogP contribution is -2.46. The number of hydrogen-bond acceptors (Lipinski definition) is 5. The van der Waals surface area contributed by atoms with Gasteiger partial charge in [-0.05, 0) is 33.4 Å². The summed E-state index contributed by atoms with van der Waals surface area (Å²) in [6.07, 6.45) is 2.30. The molecule has 1 saturated heterocycles.